The van der Waals surface area contributed by atoms with Gasteiger partial charge in [0.1, 0.15) is 0 Å². The quantitative estimate of drug-likeness (QED) is 0.764. The molecule has 66 valence electrons. The van der Waals surface area contributed by atoms with Crippen LogP contribution in [0.1, 0.15) is 20.8 Å². The van der Waals surface area contributed by atoms with E-state index >= 15 is 0 Å². The van der Waals surface area contributed by atoms with E-state index in [1.165, 1.54) is 6.92 Å². The first-order valence-corrected chi connectivity index (χ1v) is 3.01. The third-order valence-electron chi connectivity index (χ3n) is 0.816. The minimum atomic E-state index is -0.0499. The Morgan fingerprint density at radius 2 is 1.91 bits per heavy atom. The Morgan fingerprint density at radius 1 is 1.55 bits per heavy atom. The Bertz CT molecular complexity index is 107. The molecule has 0 radical (unpaired) electrons. The summed E-state index contributed by atoms with van der Waals surface area (Å²) in [6, 6.07) is 0. The molecule has 0 aliphatic heterocycles. The molecule has 0 atom stereocenters. The molecule has 3 heteroatoms. The van der Waals surface area contributed by atoms with Crippen molar-refractivity contribution in [2.24, 2.45) is 5.41 Å². The molecular weight excluding hydrogens is 310 g/mol. The number of rotatable bonds is 2. The zero-order valence-corrected chi connectivity index (χ0v) is 10.7. The third kappa shape index (κ3) is 17.8. The van der Waals surface area contributed by atoms with Gasteiger partial charge in [0.05, 0.1) is 0 Å². The zero-order valence-electron chi connectivity index (χ0n) is 7.73. The van der Waals surface area contributed by atoms with Gasteiger partial charge in [0, 0.05) is 6.92 Å². The van der Waals surface area contributed by atoms with Crippen LogP contribution in [0.15, 0.2) is 0 Å². The zero-order chi connectivity index (χ0) is 7.49. The van der Waals surface area contributed by atoms with Crippen molar-refractivity contribution in [1.29, 1.82) is 0 Å². The summed E-state index contributed by atoms with van der Waals surface area (Å²) in [5.41, 5.74) is -0.0499. The molecule has 0 aliphatic carbocycles. The van der Waals surface area contributed by atoms with E-state index in [1.807, 2.05) is 13.8 Å². The van der Waals surface area contributed by atoms with Gasteiger partial charge in [-0.1, -0.05) is 13.8 Å². The third-order valence-corrected chi connectivity index (χ3v) is 0.816. The van der Waals surface area contributed by atoms with Gasteiger partial charge in [-0.15, -0.1) is 5.41 Å². The largest absolute Gasteiger partial charge is 2.00 e. The molecule has 0 unspecified atom stereocenters. The summed E-state index contributed by atoms with van der Waals surface area (Å²) in [5.74, 6) is 0.00623. The average Bonchev–Trinajstić information content (AvgIpc) is 1.59. The second-order valence-electron chi connectivity index (χ2n) is 3.07. The predicted octanol–water partition coefficient (Wildman–Crippen LogP) is 1.43. The van der Waals surface area contributed by atoms with Crippen LogP contribution in [0, 0.1) is 19.8 Å². The SMILES string of the molecule is [CH2-]C(C)(C)CNC(C)=O.[CH3-].[W+2]. The predicted molar refractivity (Wildman–Crippen MR) is 44.2 cm³/mol. The van der Waals surface area contributed by atoms with Crippen LogP contribution >= 0.6 is 0 Å². The Labute approximate surface area is 84.4 Å². The Hall–Kier alpha value is 0.158. The summed E-state index contributed by atoms with van der Waals surface area (Å²) >= 11 is 0. The number of hydrogen-bond acceptors (Lipinski definition) is 1. The summed E-state index contributed by atoms with van der Waals surface area (Å²) in [6.07, 6.45) is 0. The molecule has 0 spiro atoms. The van der Waals surface area contributed by atoms with Gasteiger partial charge in [0.2, 0.25) is 5.91 Å². The minimum absolute atomic E-state index is 0. The molecule has 0 rings (SSSR count). The number of amides is 1. The fourth-order valence-corrected chi connectivity index (χ4v) is 0.364. The van der Waals surface area contributed by atoms with Crippen molar-refractivity contribution in [1.82, 2.24) is 5.32 Å². The average molecular weight is 327 g/mol. The van der Waals surface area contributed by atoms with E-state index in [1.54, 1.807) is 0 Å². The fraction of sp³-hybridized carbons (Fsp3) is 0.625. The summed E-state index contributed by atoms with van der Waals surface area (Å²) in [5, 5.41) is 2.68. The molecule has 0 aliphatic rings. The summed E-state index contributed by atoms with van der Waals surface area (Å²) in [6.45, 7) is 9.92. The van der Waals surface area contributed by atoms with Gasteiger partial charge in [-0.3, -0.25) is 4.79 Å². The van der Waals surface area contributed by atoms with E-state index in [4.69, 9.17) is 0 Å². The first kappa shape index (κ1) is 17.3. The maximum absolute atomic E-state index is 10.4. The van der Waals surface area contributed by atoms with Crippen LogP contribution in [0.25, 0.3) is 0 Å². The van der Waals surface area contributed by atoms with Crippen LogP contribution in [0.4, 0.5) is 0 Å². The van der Waals surface area contributed by atoms with Crippen molar-refractivity contribution in [3.8, 4) is 0 Å². The van der Waals surface area contributed by atoms with Crippen molar-refractivity contribution < 1.29 is 25.9 Å². The fourth-order valence-electron chi connectivity index (χ4n) is 0.364. The molecule has 0 aromatic heterocycles. The summed E-state index contributed by atoms with van der Waals surface area (Å²) in [4.78, 5) is 10.4. The molecule has 0 heterocycles. The molecule has 0 aromatic rings. The van der Waals surface area contributed by atoms with E-state index in [-0.39, 0.29) is 39.8 Å². The minimum Gasteiger partial charge on any atom is -0.358 e. The number of nitrogens with one attached hydrogen (secondary N) is 1. The van der Waals surface area contributed by atoms with Crippen LogP contribution < -0.4 is 5.32 Å². The van der Waals surface area contributed by atoms with E-state index in [0.717, 1.165) is 0 Å². The van der Waals surface area contributed by atoms with Crippen molar-refractivity contribution >= 4 is 5.91 Å². The van der Waals surface area contributed by atoms with Gasteiger partial charge in [-0.25, -0.2) is 0 Å². The molecule has 1 amide bonds. The maximum Gasteiger partial charge on any atom is 2.00 e. The number of hydrogen-bond donors (Lipinski definition) is 1. The molecule has 0 saturated heterocycles. The normalized spacial score (nSPS) is 9.09. The second-order valence-corrected chi connectivity index (χ2v) is 3.07. The Morgan fingerprint density at radius 3 is 2.00 bits per heavy atom. The smallest absolute Gasteiger partial charge is 0.358 e. The van der Waals surface area contributed by atoms with Gasteiger partial charge in [-0.2, -0.15) is 0 Å². The van der Waals surface area contributed by atoms with Crippen LogP contribution in [-0.2, 0) is 25.9 Å². The van der Waals surface area contributed by atoms with Crippen molar-refractivity contribution in [3.63, 3.8) is 0 Å². The van der Waals surface area contributed by atoms with Gasteiger partial charge in [0.15, 0.2) is 0 Å². The number of carbonyl (C=O) groups is 1. The monoisotopic (exact) mass is 327 g/mol. The summed E-state index contributed by atoms with van der Waals surface area (Å²) < 4.78 is 0. The van der Waals surface area contributed by atoms with Crippen LogP contribution in [-0.4, -0.2) is 12.5 Å². The van der Waals surface area contributed by atoms with E-state index in [9.17, 15) is 4.79 Å². The van der Waals surface area contributed by atoms with Gasteiger partial charge in [-0.05, 0) is 6.54 Å². The standard InChI is InChI=1S/C7H14NO.CH3.W/c1-6(9)8-5-7(2,3)4;;/h2,5H2,1,3-4H3,(H,8,9);1H3;/q2*-1;+2. The van der Waals surface area contributed by atoms with Crippen LogP contribution in [0.3, 0.4) is 0 Å². The first-order valence-electron chi connectivity index (χ1n) is 3.01. The van der Waals surface area contributed by atoms with Gasteiger partial charge >= 0.3 is 21.1 Å². The molecular formula is C8H17NOW. The first-order chi connectivity index (χ1) is 3.92. The van der Waals surface area contributed by atoms with Crippen molar-refractivity contribution in [2.45, 2.75) is 20.8 Å². The summed E-state index contributed by atoms with van der Waals surface area (Å²) in [7, 11) is 0. The van der Waals surface area contributed by atoms with E-state index in [0.29, 0.717) is 6.54 Å². The number of carbonyl (C=O) groups excluding carboxylic acids is 1. The van der Waals surface area contributed by atoms with Gasteiger partial charge in [0.25, 0.3) is 0 Å². The van der Waals surface area contributed by atoms with Gasteiger partial charge < -0.3 is 19.7 Å². The van der Waals surface area contributed by atoms with Crippen LogP contribution in [0.2, 0.25) is 0 Å². The molecule has 0 saturated carbocycles. The van der Waals surface area contributed by atoms with E-state index < -0.39 is 0 Å². The van der Waals surface area contributed by atoms with Crippen molar-refractivity contribution in [3.05, 3.63) is 14.4 Å². The van der Waals surface area contributed by atoms with Crippen molar-refractivity contribution in [2.75, 3.05) is 6.54 Å². The Kier molecular flexibility index (Phi) is 10.8. The molecule has 0 aromatic carbocycles. The molecule has 0 bridgehead atoms. The van der Waals surface area contributed by atoms with Crippen LogP contribution in [0.5, 0.6) is 0 Å². The topological polar surface area (TPSA) is 29.1 Å². The molecule has 0 fully saturated rings. The second kappa shape index (κ2) is 6.84. The van der Waals surface area contributed by atoms with E-state index in [2.05, 4.69) is 12.2 Å². The Balaban J connectivity index is -0.000000320. The maximum atomic E-state index is 10.4. The molecule has 11 heavy (non-hydrogen) atoms. The molecule has 1 N–H and O–H groups in total. The molecule has 2 nitrogen and oxygen atoms in total.